The van der Waals surface area contributed by atoms with Crippen LogP contribution in [0.1, 0.15) is 60.6 Å². The van der Waals surface area contributed by atoms with Gasteiger partial charge in [-0.3, -0.25) is 14.5 Å². The minimum atomic E-state index is -4.10. The van der Waals surface area contributed by atoms with Gasteiger partial charge in [0.15, 0.2) is 0 Å². The van der Waals surface area contributed by atoms with Crippen molar-refractivity contribution in [2.24, 2.45) is 4.99 Å². The van der Waals surface area contributed by atoms with Crippen LogP contribution in [0.25, 0.3) is 22.3 Å². The van der Waals surface area contributed by atoms with E-state index in [2.05, 4.69) is 16.6 Å². The third-order valence-corrected chi connectivity index (χ3v) is 11.5. The number of ether oxygens (including phenoxy) is 3. The number of carbonyl (C=O) groups is 2. The number of rotatable bonds is 10. The van der Waals surface area contributed by atoms with Crippen molar-refractivity contribution in [2.75, 3.05) is 7.11 Å². The molecule has 0 radical (unpaired) electrons. The average molecular weight is 749 g/mol. The molecule has 54 heavy (non-hydrogen) atoms. The van der Waals surface area contributed by atoms with E-state index < -0.39 is 33.6 Å². The van der Waals surface area contributed by atoms with Crippen LogP contribution in [-0.4, -0.2) is 48.9 Å². The van der Waals surface area contributed by atoms with E-state index >= 15 is 0 Å². The second-order valence-corrected chi connectivity index (χ2v) is 15.2. The summed E-state index contributed by atoms with van der Waals surface area (Å²) in [7, 11) is -2.56. The normalized spacial score (nSPS) is 16.9. The molecule has 3 aromatic carbocycles. The molecule has 1 N–H and O–H groups in total. The molecule has 2 aliphatic rings. The Morgan fingerprint density at radius 3 is 2.44 bits per heavy atom. The lowest BCUT2D eigenvalue weighted by molar-refractivity contribution is -0.190. The molecule has 2 aliphatic heterocycles. The van der Waals surface area contributed by atoms with Crippen molar-refractivity contribution in [1.29, 1.82) is 0 Å². The number of fused-ring (bicyclic) bond motifs is 5. The van der Waals surface area contributed by atoms with Gasteiger partial charge in [-0.05, 0) is 74.2 Å². The van der Waals surface area contributed by atoms with Gasteiger partial charge in [0.1, 0.15) is 24.2 Å². The zero-order valence-electron chi connectivity index (χ0n) is 30.6. The number of esters is 2. The van der Waals surface area contributed by atoms with Gasteiger partial charge >= 0.3 is 11.9 Å². The Morgan fingerprint density at radius 1 is 1.04 bits per heavy atom. The molecule has 0 bridgehead atoms. The maximum absolute atomic E-state index is 14.1. The number of aromatic nitrogens is 2. The van der Waals surface area contributed by atoms with Gasteiger partial charge in [-0.1, -0.05) is 61.9 Å². The Balaban J connectivity index is 1.26. The first-order valence-electron chi connectivity index (χ1n) is 17.8. The third-order valence-electron chi connectivity index (χ3n) is 10.1. The molecule has 4 heterocycles. The lowest BCUT2D eigenvalue weighted by atomic mass is 9.85. The van der Waals surface area contributed by atoms with Gasteiger partial charge in [-0.2, -0.15) is 0 Å². The van der Waals surface area contributed by atoms with Crippen molar-refractivity contribution < 1.29 is 32.2 Å². The fraction of sp³-hybridized carbons (Fsp3) is 0.293. The molecule has 0 fully saturated rings. The summed E-state index contributed by atoms with van der Waals surface area (Å²) in [6.07, 6.45) is 0.701. The molecule has 1 unspecified atom stereocenters. The number of aryl methyl sites for hydroxylation is 2. The highest BCUT2D eigenvalue weighted by atomic mass is 32.2. The van der Waals surface area contributed by atoms with E-state index in [1.54, 1.807) is 54.0 Å². The van der Waals surface area contributed by atoms with E-state index in [-0.39, 0.29) is 46.9 Å². The summed E-state index contributed by atoms with van der Waals surface area (Å²) in [5.74, 6) is -1.15. The minimum absolute atomic E-state index is 0.0141. The van der Waals surface area contributed by atoms with E-state index in [1.807, 2.05) is 31.2 Å². The zero-order chi connectivity index (χ0) is 38.4. The quantitative estimate of drug-likeness (QED) is 0.108. The first-order chi connectivity index (χ1) is 25.9. The van der Waals surface area contributed by atoms with E-state index in [0.717, 1.165) is 34.0 Å². The third kappa shape index (κ3) is 6.42. The predicted octanol–water partition coefficient (Wildman–Crippen LogP) is 5.52. The van der Waals surface area contributed by atoms with Crippen LogP contribution >= 0.6 is 0 Å². The second kappa shape index (κ2) is 14.2. The van der Waals surface area contributed by atoms with E-state index in [1.165, 1.54) is 26.2 Å². The van der Waals surface area contributed by atoms with Crippen LogP contribution in [0.2, 0.25) is 0 Å². The first kappa shape index (κ1) is 36.5. The van der Waals surface area contributed by atoms with E-state index in [0.29, 0.717) is 29.2 Å². The number of hydrogen-bond acceptors (Lipinski definition) is 10. The number of nitrogens with zero attached hydrogens (tertiary/aromatic N) is 3. The molecule has 0 aliphatic carbocycles. The van der Waals surface area contributed by atoms with Crippen LogP contribution < -0.4 is 15.0 Å². The molecule has 0 spiro atoms. The number of hydrogen-bond donors (Lipinski definition) is 1. The molecule has 12 nitrogen and oxygen atoms in total. The fourth-order valence-electron chi connectivity index (χ4n) is 7.19. The molecule has 13 heteroatoms. The largest absolute Gasteiger partial charge is 0.497 e. The van der Waals surface area contributed by atoms with Crippen LogP contribution in [-0.2, 0) is 60.7 Å². The van der Waals surface area contributed by atoms with Gasteiger partial charge in [0.25, 0.3) is 15.6 Å². The van der Waals surface area contributed by atoms with Crippen molar-refractivity contribution in [2.45, 2.75) is 76.6 Å². The summed E-state index contributed by atoms with van der Waals surface area (Å²) in [5, 5.41) is 1.02. The van der Waals surface area contributed by atoms with Crippen molar-refractivity contribution >= 4 is 38.7 Å². The number of cyclic esters (lactones) is 1. The molecule has 5 aromatic rings. The highest BCUT2D eigenvalue weighted by molar-refractivity contribution is 7.90. The minimum Gasteiger partial charge on any atom is -0.497 e. The highest BCUT2D eigenvalue weighted by Gasteiger charge is 2.51. The smallest absolute Gasteiger partial charge is 0.355 e. The lowest BCUT2D eigenvalue weighted by Crippen LogP contribution is -2.48. The molecule has 7 rings (SSSR count). The van der Waals surface area contributed by atoms with Gasteiger partial charge in [0.2, 0.25) is 5.60 Å². The van der Waals surface area contributed by atoms with Gasteiger partial charge in [0, 0.05) is 22.9 Å². The number of amidine groups is 1. The Bertz CT molecular complexity index is 2510. The Kier molecular flexibility index (Phi) is 9.61. The van der Waals surface area contributed by atoms with E-state index in [9.17, 15) is 22.8 Å². The van der Waals surface area contributed by atoms with Crippen molar-refractivity contribution in [3.63, 3.8) is 0 Å². The summed E-state index contributed by atoms with van der Waals surface area (Å²) in [6.45, 7) is 7.06. The number of methoxy groups -OCH3 is 1. The van der Waals surface area contributed by atoms with Gasteiger partial charge in [-0.25, -0.2) is 23.0 Å². The lowest BCUT2D eigenvalue weighted by Gasteiger charge is -2.36. The number of carbonyl (C=O) groups excluding carboxylic acids is 2. The number of para-hydroxylation sites is 1. The second-order valence-electron chi connectivity index (χ2n) is 13.5. The Morgan fingerprint density at radius 2 is 1.76 bits per heavy atom. The van der Waals surface area contributed by atoms with Gasteiger partial charge in [-0.15, -0.1) is 0 Å². The Labute approximate surface area is 312 Å². The van der Waals surface area contributed by atoms with Gasteiger partial charge < -0.3 is 18.8 Å². The average Bonchev–Trinajstić information content (AvgIpc) is 3.53. The molecular weight excluding hydrogens is 709 g/mol. The number of benzene rings is 3. The number of pyridine rings is 2. The number of nitrogens with one attached hydrogen (secondary N) is 1. The summed E-state index contributed by atoms with van der Waals surface area (Å²) < 4.78 is 48.0. The molecule has 278 valence electrons. The topological polar surface area (TPSA) is 155 Å². The molecule has 0 saturated carbocycles. The SMILES string of the molecule is CCc1c2c(nc3ccccc13)-c1cc3c(c(=O)n1C2)COC(=O)[C@@]3(CC)OC(=O)C(C)N=C(Cc1ccc(OC)cc1)NS(=O)(=O)c1ccc(C)cc1. The molecule has 2 aromatic heterocycles. The molecular formula is C41H40N4O8S. The first-order valence-corrected chi connectivity index (χ1v) is 19.2. The highest BCUT2D eigenvalue weighted by Crippen LogP contribution is 2.42. The number of aliphatic imine (C=N–C) groups is 1. The molecule has 2 atom stereocenters. The van der Waals surface area contributed by atoms with Crippen molar-refractivity contribution in [3.05, 3.63) is 123 Å². The van der Waals surface area contributed by atoms with Crippen molar-refractivity contribution in [1.82, 2.24) is 14.3 Å². The fourth-order valence-corrected chi connectivity index (χ4v) is 8.24. The van der Waals surface area contributed by atoms with Crippen LogP contribution in [0.15, 0.2) is 93.5 Å². The summed E-state index contributed by atoms with van der Waals surface area (Å²) in [6, 6.07) is 21.6. The Hall–Kier alpha value is -5.82. The van der Waals surface area contributed by atoms with Crippen LogP contribution in [0.4, 0.5) is 0 Å². The maximum atomic E-state index is 14.1. The number of sulfonamides is 1. The standard InChI is InChI=1S/C41H40N4O8S/c1-6-29-30-10-8-9-11-34(30)43-37-31(29)22-45-35(37)21-33-32(38(45)46)23-52-40(48)41(33,7-2)53-39(47)25(4)42-36(20-26-14-16-27(51-5)17-15-26)44-54(49,50)28-18-12-24(3)13-19-28/h8-19,21,25H,6-7,20,22-23H2,1-5H3,(H,42,44)/t25?,41-/m0/s1. The predicted molar refractivity (Wildman–Crippen MR) is 203 cm³/mol. The summed E-state index contributed by atoms with van der Waals surface area (Å²) in [4.78, 5) is 51.3. The van der Waals surface area contributed by atoms with E-state index in [4.69, 9.17) is 19.2 Å². The van der Waals surface area contributed by atoms with Gasteiger partial charge in [0.05, 0.1) is 41.0 Å². The van der Waals surface area contributed by atoms with Crippen LogP contribution in [0.5, 0.6) is 5.75 Å². The van der Waals surface area contributed by atoms with Crippen LogP contribution in [0.3, 0.4) is 0 Å². The molecule has 0 saturated heterocycles. The maximum Gasteiger partial charge on any atom is 0.355 e. The zero-order valence-corrected chi connectivity index (χ0v) is 31.5. The van der Waals surface area contributed by atoms with Crippen LogP contribution in [0, 0.1) is 6.92 Å². The summed E-state index contributed by atoms with van der Waals surface area (Å²) >= 11 is 0. The van der Waals surface area contributed by atoms with Crippen molar-refractivity contribution in [3.8, 4) is 17.1 Å². The molecule has 0 amide bonds. The summed E-state index contributed by atoms with van der Waals surface area (Å²) in [5.41, 5.74) is 3.69. The monoisotopic (exact) mass is 748 g/mol.